The van der Waals surface area contributed by atoms with Crippen molar-refractivity contribution in [3.05, 3.63) is 36.1 Å². The van der Waals surface area contributed by atoms with Crippen LogP contribution in [0.25, 0.3) is 0 Å². The predicted molar refractivity (Wildman–Crippen MR) is 66.2 cm³/mol. The van der Waals surface area contributed by atoms with Crippen molar-refractivity contribution in [1.82, 2.24) is 0 Å². The number of allylic oxidation sites excluding steroid dienone is 1. The molecule has 0 unspecified atom stereocenters. The summed E-state index contributed by atoms with van der Waals surface area (Å²) in [6.07, 6.45) is 0.861. The van der Waals surface area contributed by atoms with Gasteiger partial charge in [-0.05, 0) is 24.0 Å². The summed E-state index contributed by atoms with van der Waals surface area (Å²) in [4.78, 5) is 0. The molecule has 92 valence electrons. The first-order valence-electron chi connectivity index (χ1n) is 5.80. The van der Waals surface area contributed by atoms with Crippen molar-refractivity contribution in [2.75, 3.05) is 13.7 Å². The summed E-state index contributed by atoms with van der Waals surface area (Å²) in [6, 6.07) is 5.81. The van der Waals surface area contributed by atoms with Crippen molar-refractivity contribution < 1.29 is 14.6 Å². The van der Waals surface area contributed by atoms with Gasteiger partial charge < -0.3 is 14.6 Å². The van der Waals surface area contributed by atoms with Gasteiger partial charge in [-0.3, -0.25) is 0 Å². The van der Waals surface area contributed by atoms with E-state index in [9.17, 15) is 5.11 Å². The van der Waals surface area contributed by atoms with Gasteiger partial charge >= 0.3 is 0 Å². The monoisotopic (exact) mass is 234 g/mol. The van der Waals surface area contributed by atoms with Gasteiger partial charge in [0.1, 0.15) is 17.3 Å². The molecule has 1 aliphatic heterocycles. The van der Waals surface area contributed by atoms with Crippen LogP contribution >= 0.6 is 0 Å². The van der Waals surface area contributed by atoms with Crippen molar-refractivity contribution in [1.29, 1.82) is 0 Å². The van der Waals surface area contributed by atoms with Crippen molar-refractivity contribution in [3.8, 4) is 11.5 Å². The molecule has 3 heteroatoms. The van der Waals surface area contributed by atoms with Crippen LogP contribution in [0.1, 0.15) is 12.5 Å². The van der Waals surface area contributed by atoms with E-state index in [1.807, 2.05) is 25.1 Å². The molecule has 2 rings (SSSR count). The van der Waals surface area contributed by atoms with E-state index in [4.69, 9.17) is 9.47 Å². The first-order valence-corrected chi connectivity index (χ1v) is 5.80. The van der Waals surface area contributed by atoms with Crippen LogP contribution in [-0.2, 0) is 6.42 Å². The Morgan fingerprint density at radius 3 is 3.00 bits per heavy atom. The summed E-state index contributed by atoms with van der Waals surface area (Å²) in [5.41, 5.74) is 1.14. The summed E-state index contributed by atoms with van der Waals surface area (Å²) in [6.45, 7) is 6.10. The number of ether oxygens (including phenoxy) is 2. The Morgan fingerprint density at radius 1 is 1.59 bits per heavy atom. The lowest BCUT2D eigenvalue weighted by Crippen LogP contribution is -2.26. The summed E-state index contributed by atoms with van der Waals surface area (Å²) in [5.74, 6) is 2.67. The second kappa shape index (κ2) is 4.80. The smallest absolute Gasteiger partial charge is 0.133 e. The highest BCUT2D eigenvalue weighted by Gasteiger charge is 2.28. The summed E-state index contributed by atoms with van der Waals surface area (Å²) < 4.78 is 10.9. The molecule has 2 atom stereocenters. The molecule has 0 aliphatic carbocycles. The Bertz CT molecular complexity index is 425. The zero-order valence-corrected chi connectivity index (χ0v) is 10.3. The van der Waals surface area contributed by atoms with E-state index in [-0.39, 0.29) is 18.4 Å². The van der Waals surface area contributed by atoms with Gasteiger partial charge in [0, 0.05) is 18.6 Å². The SMILES string of the molecule is C=C1Oc2cc(OC)ccc2C[C@@H]1[C@@H](C)CO. The normalized spacial score (nSPS) is 20.4. The zero-order chi connectivity index (χ0) is 12.4. The van der Waals surface area contributed by atoms with Crippen LogP contribution < -0.4 is 9.47 Å². The number of aliphatic hydroxyl groups excluding tert-OH is 1. The molecule has 1 aromatic carbocycles. The highest BCUT2D eigenvalue weighted by atomic mass is 16.5. The quantitative estimate of drug-likeness (QED) is 0.872. The molecule has 3 nitrogen and oxygen atoms in total. The van der Waals surface area contributed by atoms with E-state index in [0.29, 0.717) is 0 Å². The van der Waals surface area contributed by atoms with E-state index in [1.54, 1.807) is 7.11 Å². The number of fused-ring (bicyclic) bond motifs is 1. The minimum atomic E-state index is 0.151. The van der Waals surface area contributed by atoms with Crippen LogP contribution in [0.3, 0.4) is 0 Å². The number of aliphatic hydroxyl groups is 1. The van der Waals surface area contributed by atoms with Crippen molar-refractivity contribution in [2.24, 2.45) is 11.8 Å². The standard InChI is InChI=1S/C14H18O3/c1-9(8-15)13-6-11-4-5-12(16-3)7-14(11)17-10(13)2/h4-5,7,9,13,15H,2,6,8H2,1,3H3/t9-,13+/m0/s1. The Labute approximate surface area is 102 Å². The average molecular weight is 234 g/mol. The zero-order valence-electron chi connectivity index (χ0n) is 10.3. The van der Waals surface area contributed by atoms with E-state index in [1.165, 1.54) is 0 Å². The van der Waals surface area contributed by atoms with Gasteiger partial charge in [0.05, 0.1) is 7.11 Å². The highest BCUT2D eigenvalue weighted by molar-refractivity contribution is 5.44. The summed E-state index contributed by atoms with van der Waals surface area (Å²) >= 11 is 0. The molecule has 1 N–H and O–H groups in total. The molecule has 0 aromatic heterocycles. The molecule has 0 fully saturated rings. The van der Waals surface area contributed by atoms with Crippen LogP contribution in [0.2, 0.25) is 0 Å². The maximum absolute atomic E-state index is 9.22. The second-order valence-electron chi connectivity index (χ2n) is 4.51. The van der Waals surface area contributed by atoms with Gasteiger partial charge in [0.15, 0.2) is 0 Å². The Balaban J connectivity index is 2.27. The van der Waals surface area contributed by atoms with Gasteiger partial charge in [-0.1, -0.05) is 19.6 Å². The highest BCUT2D eigenvalue weighted by Crippen LogP contribution is 2.37. The largest absolute Gasteiger partial charge is 0.497 e. The number of rotatable bonds is 3. The van der Waals surface area contributed by atoms with Gasteiger partial charge in [-0.2, -0.15) is 0 Å². The molecular weight excluding hydrogens is 216 g/mol. The number of hydrogen-bond acceptors (Lipinski definition) is 3. The molecule has 1 aromatic rings. The summed E-state index contributed by atoms with van der Waals surface area (Å²) in [5, 5.41) is 9.22. The minimum absolute atomic E-state index is 0.151. The van der Waals surface area contributed by atoms with Crippen molar-refractivity contribution >= 4 is 0 Å². The van der Waals surface area contributed by atoms with Crippen LogP contribution in [0, 0.1) is 11.8 Å². The fourth-order valence-electron chi connectivity index (χ4n) is 2.14. The third kappa shape index (κ3) is 2.29. The van der Waals surface area contributed by atoms with Gasteiger partial charge in [-0.15, -0.1) is 0 Å². The van der Waals surface area contributed by atoms with Gasteiger partial charge in [-0.25, -0.2) is 0 Å². The third-order valence-electron chi connectivity index (χ3n) is 3.34. The molecule has 0 saturated heterocycles. The molecule has 1 heterocycles. The molecule has 1 aliphatic rings. The molecule has 0 bridgehead atoms. The van der Waals surface area contributed by atoms with E-state index >= 15 is 0 Å². The van der Waals surface area contributed by atoms with Crippen LogP contribution in [-0.4, -0.2) is 18.8 Å². The minimum Gasteiger partial charge on any atom is -0.497 e. The third-order valence-corrected chi connectivity index (χ3v) is 3.34. The first-order chi connectivity index (χ1) is 8.15. The fraction of sp³-hybridized carbons (Fsp3) is 0.429. The maximum atomic E-state index is 9.22. The van der Waals surface area contributed by atoms with Gasteiger partial charge in [0.25, 0.3) is 0 Å². The van der Waals surface area contributed by atoms with Crippen LogP contribution in [0.5, 0.6) is 11.5 Å². The predicted octanol–water partition coefficient (Wildman–Crippen LogP) is 2.39. The number of methoxy groups -OCH3 is 1. The topological polar surface area (TPSA) is 38.7 Å². The fourth-order valence-corrected chi connectivity index (χ4v) is 2.14. The second-order valence-corrected chi connectivity index (χ2v) is 4.51. The van der Waals surface area contributed by atoms with Crippen molar-refractivity contribution in [2.45, 2.75) is 13.3 Å². The maximum Gasteiger partial charge on any atom is 0.133 e. The lowest BCUT2D eigenvalue weighted by atomic mass is 9.85. The molecule has 0 amide bonds. The van der Waals surface area contributed by atoms with E-state index in [2.05, 4.69) is 6.58 Å². The first kappa shape index (κ1) is 12.0. The lowest BCUT2D eigenvalue weighted by molar-refractivity contribution is 0.169. The molecular formula is C14H18O3. The lowest BCUT2D eigenvalue weighted by Gasteiger charge is -2.30. The van der Waals surface area contributed by atoms with Crippen molar-refractivity contribution in [3.63, 3.8) is 0 Å². The van der Waals surface area contributed by atoms with Crippen LogP contribution in [0.15, 0.2) is 30.5 Å². The average Bonchev–Trinajstić information content (AvgIpc) is 2.36. The van der Waals surface area contributed by atoms with Crippen LogP contribution in [0.4, 0.5) is 0 Å². The van der Waals surface area contributed by atoms with E-state index in [0.717, 1.165) is 29.2 Å². The Hall–Kier alpha value is -1.48. The number of benzene rings is 1. The van der Waals surface area contributed by atoms with Gasteiger partial charge in [0.2, 0.25) is 0 Å². The Kier molecular flexibility index (Phi) is 3.38. The summed E-state index contributed by atoms with van der Waals surface area (Å²) in [7, 11) is 1.63. The Morgan fingerprint density at radius 2 is 2.35 bits per heavy atom. The molecule has 0 radical (unpaired) electrons. The number of hydrogen-bond donors (Lipinski definition) is 1. The molecule has 17 heavy (non-hydrogen) atoms. The van der Waals surface area contributed by atoms with E-state index < -0.39 is 0 Å². The molecule has 0 spiro atoms. The molecule has 0 saturated carbocycles.